The average Bonchev–Trinajstić information content (AvgIpc) is 2.78. The van der Waals surface area contributed by atoms with Gasteiger partial charge in [-0.15, -0.1) is 0 Å². The van der Waals surface area contributed by atoms with E-state index in [0.717, 1.165) is 24.3 Å². The molecule has 188 valence electrons. The summed E-state index contributed by atoms with van der Waals surface area (Å²) in [5.41, 5.74) is -0.297. The maximum atomic E-state index is 11.4. The molecule has 1 aromatic carbocycles. The first-order valence-electron chi connectivity index (χ1n) is 9.65. The zero-order chi connectivity index (χ0) is 25.3. The zero-order valence-electron chi connectivity index (χ0n) is 16.9. The lowest BCUT2D eigenvalue weighted by atomic mass is 9.97. The van der Waals surface area contributed by atoms with E-state index in [1.165, 1.54) is 0 Å². The Kier molecular flexibility index (Phi) is 7.64. The van der Waals surface area contributed by atoms with E-state index in [1.807, 2.05) is 0 Å². The van der Waals surface area contributed by atoms with Crippen molar-refractivity contribution in [1.29, 1.82) is 0 Å². The number of nitrogens with zero attached hydrogens (tertiary/aromatic N) is 1. The molecule has 2 aliphatic heterocycles. The molecule has 2 fully saturated rings. The van der Waals surface area contributed by atoms with Crippen molar-refractivity contribution >= 4 is 17.6 Å². The van der Waals surface area contributed by atoms with Crippen molar-refractivity contribution < 1.29 is 69.2 Å². The molecule has 7 N–H and O–H groups in total. The summed E-state index contributed by atoms with van der Waals surface area (Å²) in [6.07, 6.45) is -20.0. The summed E-state index contributed by atoms with van der Waals surface area (Å²) >= 11 is 0. The van der Waals surface area contributed by atoms with Gasteiger partial charge in [0.15, 0.2) is 24.6 Å². The molecule has 10 atom stereocenters. The van der Waals surface area contributed by atoms with Gasteiger partial charge in [0.25, 0.3) is 5.69 Å². The van der Waals surface area contributed by atoms with Gasteiger partial charge in [-0.25, -0.2) is 9.59 Å². The third-order valence-electron chi connectivity index (χ3n) is 5.19. The number of hydrogen-bond donors (Lipinski definition) is 7. The molecule has 2 aliphatic rings. The van der Waals surface area contributed by atoms with Gasteiger partial charge in [0, 0.05) is 12.1 Å². The minimum Gasteiger partial charge on any atom is -0.479 e. The van der Waals surface area contributed by atoms with E-state index in [0.29, 0.717) is 0 Å². The molecular weight excluding hydrogens is 470 g/mol. The van der Waals surface area contributed by atoms with Gasteiger partial charge in [-0.1, -0.05) is 0 Å². The maximum absolute atomic E-state index is 11.4. The molecule has 3 rings (SSSR count). The molecule has 2 heterocycles. The molecule has 0 aromatic heterocycles. The van der Waals surface area contributed by atoms with Gasteiger partial charge in [0.1, 0.15) is 36.3 Å². The topological polar surface area (TPSA) is 256 Å². The monoisotopic (exact) mass is 491 g/mol. The number of aliphatic hydroxyl groups excluding tert-OH is 5. The summed E-state index contributed by atoms with van der Waals surface area (Å²) in [6, 6.07) is 4.35. The summed E-state index contributed by atoms with van der Waals surface area (Å²) in [6.45, 7) is 0. The Hall–Kier alpha value is -2.96. The Balaban J connectivity index is 1.87. The highest BCUT2D eigenvalue weighted by Gasteiger charge is 2.54. The van der Waals surface area contributed by atoms with E-state index < -0.39 is 78.3 Å². The van der Waals surface area contributed by atoms with Crippen LogP contribution in [0.1, 0.15) is 0 Å². The van der Waals surface area contributed by atoms with Crippen molar-refractivity contribution in [3.8, 4) is 5.75 Å². The number of hydrogen-bond acceptors (Lipinski definition) is 13. The summed E-state index contributed by atoms with van der Waals surface area (Å²) in [7, 11) is 0. The molecule has 1 aromatic rings. The molecule has 0 spiro atoms. The van der Waals surface area contributed by atoms with Gasteiger partial charge in [0.05, 0.1) is 4.92 Å². The number of non-ortho nitro benzene ring substituents is 1. The van der Waals surface area contributed by atoms with Gasteiger partial charge >= 0.3 is 11.9 Å². The number of nitro benzene ring substituents is 1. The van der Waals surface area contributed by atoms with Gasteiger partial charge in [-0.2, -0.15) is 0 Å². The summed E-state index contributed by atoms with van der Waals surface area (Å²) < 4.78 is 20.9. The van der Waals surface area contributed by atoms with Gasteiger partial charge < -0.3 is 54.7 Å². The number of carboxylic acids is 2. The Labute approximate surface area is 189 Å². The lowest BCUT2D eigenvalue weighted by Crippen LogP contribution is -2.66. The van der Waals surface area contributed by atoms with Gasteiger partial charge in [-0.3, -0.25) is 10.1 Å². The SMILES string of the molecule is O=C(O)[C@H]1O[C@@H](O[C@H]2[C@H](Oc3ccc([N+](=O)[O-])cc3)O[C@H](C(=O)O)[C@@H](O)[C@@H]2O)[C@H](O)[C@@H](O)[C@@H]1O. The van der Waals surface area contributed by atoms with Crippen LogP contribution in [0.25, 0.3) is 0 Å². The number of carbonyl (C=O) groups is 2. The molecule has 2 saturated heterocycles. The standard InChI is InChI=1S/C18H21NO15/c20-7-8(21)12(15(25)26)32-17(11(7)24)34-14-10(23)9(22)13(16(27)28)33-18(14)31-6-3-1-5(2-4-6)19(29)30/h1-4,7-14,17-18,20-24H,(H,25,26)(H,27,28)/t7-,8-,9-,10-,11+,12-,13-,14+,17-,18+/m0/s1. The second-order valence-corrected chi connectivity index (χ2v) is 7.45. The van der Waals surface area contributed by atoms with Gasteiger partial charge in [0.2, 0.25) is 6.29 Å². The largest absolute Gasteiger partial charge is 0.479 e. The van der Waals surface area contributed by atoms with Crippen molar-refractivity contribution in [1.82, 2.24) is 0 Å². The molecule has 0 aliphatic carbocycles. The van der Waals surface area contributed by atoms with E-state index in [-0.39, 0.29) is 11.4 Å². The minimum atomic E-state index is -2.08. The minimum absolute atomic E-state index is 0.110. The Bertz CT molecular complexity index is 909. The Morgan fingerprint density at radius 2 is 1.29 bits per heavy atom. The summed E-state index contributed by atoms with van der Waals surface area (Å²) in [5.74, 6) is -3.50. The average molecular weight is 491 g/mol. The molecule has 16 heteroatoms. The van der Waals surface area contributed by atoms with E-state index in [2.05, 4.69) is 0 Å². The number of aliphatic carboxylic acids is 2. The van der Waals surface area contributed by atoms with E-state index in [4.69, 9.17) is 24.1 Å². The fourth-order valence-electron chi connectivity index (χ4n) is 3.38. The Morgan fingerprint density at radius 3 is 1.79 bits per heavy atom. The van der Waals surface area contributed by atoms with Crippen LogP contribution in [0.3, 0.4) is 0 Å². The second-order valence-electron chi connectivity index (χ2n) is 7.45. The predicted molar refractivity (Wildman–Crippen MR) is 101 cm³/mol. The van der Waals surface area contributed by atoms with Gasteiger partial charge in [-0.05, 0) is 12.1 Å². The number of rotatable bonds is 7. The predicted octanol–water partition coefficient (Wildman–Crippen LogP) is -3.22. The number of carboxylic acid groups (broad SMARTS) is 2. The summed E-state index contributed by atoms with van der Waals surface area (Å²) in [5, 5.41) is 79.7. The van der Waals surface area contributed by atoms with Crippen LogP contribution < -0.4 is 4.74 Å². The van der Waals surface area contributed by atoms with Crippen LogP contribution in [0.5, 0.6) is 5.75 Å². The quantitative estimate of drug-likeness (QED) is 0.146. The fourth-order valence-corrected chi connectivity index (χ4v) is 3.38. The molecular formula is C18H21NO15. The molecule has 16 nitrogen and oxygen atoms in total. The molecule has 0 saturated carbocycles. The van der Waals surface area contributed by atoms with Crippen LogP contribution in [-0.2, 0) is 23.8 Å². The number of aliphatic hydroxyl groups is 5. The van der Waals surface area contributed by atoms with E-state index >= 15 is 0 Å². The second kappa shape index (κ2) is 10.1. The van der Waals surface area contributed by atoms with Crippen LogP contribution in [-0.4, -0.2) is 114 Å². The number of nitro groups is 1. The van der Waals surface area contributed by atoms with Crippen LogP contribution in [0.2, 0.25) is 0 Å². The molecule has 34 heavy (non-hydrogen) atoms. The lowest BCUT2D eigenvalue weighted by molar-refractivity contribution is -0.384. The van der Waals surface area contributed by atoms with Crippen molar-refractivity contribution in [2.45, 2.75) is 61.4 Å². The normalized spacial score (nSPS) is 38.1. The van der Waals surface area contributed by atoms with E-state index in [1.54, 1.807) is 0 Å². The Morgan fingerprint density at radius 1 is 0.794 bits per heavy atom. The molecule has 0 radical (unpaired) electrons. The highest BCUT2D eigenvalue weighted by molar-refractivity contribution is 5.73. The van der Waals surface area contributed by atoms with Crippen molar-refractivity contribution in [3.05, 3.63) is 34.4 Å². The molecule has 0 unspecified atom stereocenters. The van der Waals surface area contributed by atoms with Crippen LogP contribution in [0.15, 0.2) is 24.3 Å². The van der Waals surface area contributed by atoms with Crippen molar-refractivity contribution in [3.63, 3.8) is 0 Å². The third kappa shape index (κ3) is 5.08. The van der Waals surface area contributed by atoms with Crippen LogP contribution >= 0.6 is 0 Å². The van der Waals surface area contributed by atoms with Crippen molar-refractivity contribution in [2.24, 2.45) is 0 Å². The molecule has 0 bridgehead atoms. The van der Waals surface area contributed by atoms with E-state index in [9.17, 15) is 50.3 Å². The highest BCUT2D eigenvalue weighted by atomic mass is 16.8. The van der Waals surface area contributed by atoms with Crippen molar-refractivity contribution in [2.75, 3.05) is 0 Å². The first-order chi connectivity index (χ1) is 15.9. The first kappa shape index (κ1) is 25.7. The zero-order valence-corrected chi connectivity index (χ0v) is 16.9. The molecule has 0 amide bonds. The van der Waals surface area contributed by atoms with Crippen LogP contribution in [0.4, 0.5) is 5.69 Å². The maximum Gasteiger partial charge on any atom is 0.335 e. The highest BCUT2D eigenvalue weighted by Crippen LogP contribution is 2.31. The number of benzene rings is 1. The third-order valence-corrected chi connectivity index (χ3v) is 5.19. The van der Waals surface area contributed by atoms with Crippen LogP contribution in [0, 0.1) is 10.1 Å². The lowest BCUT2D eigenvalue weighted by Gasteiger charge is -2.44. The number of ether oxygens (including phenoxy) is 4. The summed E-state index contributed by atoms with van der Waals surface area (Å²) in [4.78, 5) is 32.8. The smallest absolute Gasteiger partial charge is 0.335 e. The fraction of sp³-hybridized carbons (Fsp3) is 0.556. The first-order valence-corrected chi connectivity index (χ1v) is 9.65.